The van der Waals surface area contributed by atoms with Crippen molar-refractivity contribution in [1.29, 1.82) is 0 Å². The molecule has 0 amide bonds. The maximum atomic E-state index is 12.1. The van der Waals surface area contributed by atoms with Gasteiger partial charge in [-0.3, -0.25) is 19.3 Å². The van der Waals surface area contributed by atoms with Crippen molar-refractivity contribution in [3.8, 4) is 0 Å². The van der Waals surface area contributed by atoms with Crippen LogP contribution in [-0.2, 0) is 53.3 Å². The molecule has 6 unspecified atom stereocenters. The van der Waals surface area contributed by atoms with Crippen LogP contribution in [0.3, 0.4) is 0 Å². The fourth-order valence-corrected chi connectivity index (χ4v) is 10.7. The molecule has 3 aliphatic heterocycles. The molecule has 0 aromatic carbocycles. The largest absolute Gasteiger partial charge is 0.481 e. The number of carbonyl (C=O) groups is 3. The molecule has 0 radical (unpaired) electrons. The van der Waals surface area contributed by atoms with Gasteiger partial charge < -0.3 is 31.3 Å². The van der Waals surface area contributed by atoms with Crippen LogP contribution < -0.4 is 16.0 Å². The Hall–Kier alpha value is -2.65. The molecule has 0 saturated carbocycles. The molecule has 3 aromatic heterocycles. The Morgan fingerprint density at radius 1 is 0.592 bits per heavy atom. The Kier molecular flexibility index (Phi) is 12.6. The van der Waals surface area contributed by atoms with Crippen molar-refractivity contribution in [2.75, 3.05) is 39.3 Å². The van der Waals surface area contributed by atoms with E-state index in [0.29, 0.717) is 38.9 Å². The summed E-state index contributed by atoms with van der Waals surface area (Å²) >= 11 is 5.01. The van der Waals surface area contributed by atoms with E-state index in [1.165, 1.54) is 14.6 Å². The first-order chi connectivity index (χ1) is 23.7. The number of thiophene rings is 3. The Labute approximate surface area is 299 Å². The second-order valence-corrected chi connectivity index (χ2v) is 17.1. The lowest BCUT2D eigenvalue weighted by atomic mass is 9.87. The maximum Gasteiger partial charge on any atom is 0.307 e. The monoisotopic (exact) mass is 728 g/mol. The third-order valence-electron chi connectivity index (χ3n) is 10.6. The number of rotatable bonds is 18. The van der Waals surface area contributed by atoms with Crippen LogP contribution >= 0.6 is 34.0 Å². The number of hydrogen-bond acceptors (Lipinski definition) is 10. The summed E-state index contributed by atoms with van der Waals surface area (Å²) in [5, 5.41) is 46.1. The molecule has 0 aliphatic carbocycles. The van der Waals surface area contributed by atoms with Gasteiger partial charge in [-0.25, -0.2) is 0 Å². The third-order valence-corrected chi connectivity index (χ3v) is 13.5. The van der Waals surface area contributed by atoms with E-state index >= 15 is 0 Å². The average Bonchev–Trinajstić information content (AvgIpc) is 3.91. The van der Waals surface area contributed by atoms with Gasteiger partial charge in [0.1, 0.15) is 0 Å². The Morgan fingerprint density at radius 2 is 0.898 bits per heavy atom. The summed E-state index contributed by atoms with van der Waals surface area (Å²) in [6, 6.07) is 6.49. The fraction of sp³-hybridized carbons (Fsp3) is 0.583. The van der Waals surface area contributed by atoms with Gasteiger partial charge in [0, 0.05) is 34.3 Å². The van der Waals surface area contributed by atoms with Gasteiger partial charge in [0.2, 0.25) is 0 Å². The number of aliphatic carboxylic acids is 3. The highest BCUT2D eigenvalue weighted by Gasteiger charge is 2.33. The van der Waals surface area contributed by atoms with E-state index in [1.807, 2.05) is 0 Å². The van der Waals surface area contributed by atoms with Crippen LogP contribution in [0.2, 0.25) is 0 Å². The lowest BCUT2D eigenvalue weighted by Gasteiger charge is -2.21. The molecule has 13 heteroatoms. The number of carboxylic acids is 3. The molecule has 0 spiro atoms. The van der Waals surface area contributed by atoms with E-state index in [4.69, 9.17) is 0 Å². The van der Waals surface area contributed by atoms with Crippen LogP contribution in [0.1, 0.15) is 50.6 Å². The van der Waals surface area contributed by atoms with Crippen molar-refractivity contribution < 1.29 is 29.7 Å². The van der Waals surface area contributed by atoms with Crippen LogP contribution in [0.25, 0.3) is 0 Å². The van der Waals surface area contributed by atoms with Gasteiger partial charge in [0.05, 0.1) is 17.8 Å². The highest BCUT2D eigenvalue weighted by atomic mass is 32.1. The van der Waals surface area contributed by atoms with Crippen molar-refractivity contribution >= 4 is 51.9 Å². The summed E-state index contributed by atoms with van der Waals surface area (Å²) in [5.74, 6) is -2.93. The molecule has 10 nitrogen and oxygen atoms in total. The smallest absolute Gasteiger partial charge is 0.307 e. The molecule has 6 rings (SSSR count). The normalized spacial score (nSPS) is 22.8. The molecule has 49 heavy (non-hydrogen) atoms. The van der Waals surface area contributed by atoms with Gasteiger partial charge >= 0.3 is 17.9 Å². The summed E-state index contributed by atoms with van der Waals surface area (Å²) in [6.07, 6.45) is 4.27. The predicted molar refractivity (Wildman–Crippen MR) is 193 cm³/mol. The summed E-state index contributed by atoms with van der Waals surface area (Å²) < 4.78 is 0. The van der Waals surface area contributed by atoms with Crippen molar-refractivity contribution in [1.82, 2.24) is 20.9 Å². The van der Waals surface area contributed by atoms with E-state index in [9.17, 15) is 29.7 Å². The SMILES string of the molecule is O=C(O)C(Cc1csc(CN(Cc2cc(CC(C(=O)O)C3CCNC3)cs2)Cc2cc(CC(C(=O)O)C3CCNC3)cs2)c1)C1CCNC1. The van der Waals surface area contributed by atoms with Gasteiger partial charge in [-0.2, -0.15) is 0 Å². The Balaban J connectivity index is 1.16. The first kappa shape index (κ1) is 36.2. The molecule has 3 saturated heterocycles. The van der Waals surface area contributed by atoms with Crippen molar-refractivity contribution in [2.24, 2.45) is 35.5 Å². The average molecular weight is 729 g/mol. The second-order valence-electron chi connectivity index (χ2n) is 14.1. The summed E-state index contributed by atoms with van der Waals surface area (Å²) in [7, 11) is 0. The van der Waals surface area contributed by atoms with Crippen molar-refractivity contribution in [3.05, 3.63) is 65.7 Å². The molecule has 3 fully saturated rings. The highest BCUT2D eigenvalue weighted by Crippen LogP contribution is 2.31. The Bertz CT molecular complexity index is 1370. The van der Waals surface area contributed by atoms with Crippen LogP contribution in [0, 0.1) is 35.5 Å². The Morgan fingerprint density at radius 3 is 1.14 bits per heavy atom. The zero-order valence-corrected chi connectivity index (χ0v) is 30.2. The first-order valence-corrected chi connectivity index (χ1v) is 20.1. The lowest BCUT2D eigenvalue weighted by Crippen LogP contribution is -2.27. The van der Waals surface area contributed by atoms with Crippen LogP contribution in [0.4, 0.5) is 0 Å². The molecular weight excluding hydrogens is 681 g/mol. The van der Waals surface area contributed by atoms with Gasteiger partial charge in [-0.15, -0.1) is 34.0 Å². The predicted octanol–water partition coefficient (Wildman–Crippen LogP) is 4.63. The minimum absolute atomic E-state index is 0.148. The zero-order valence-electron chi connectivity index (χ0n) is 27.8. The van der Waals surface area contributed by atoms with Crippen molar-refractivity contribution in [2.45, 2.75) is 58.2 Å². The minimum atomic E-state index is -0.728. The number of carboxylic acid groups (broad SMARTS) is 3. The van der Waals surface area contributed by atoms with Crippen molar-refractivity contribution in [3.63, 3.8) is 0 Å². The topological polar surface area (TPSA) is 151 Å². The standard InChI is InChI=1S/C36H48N4O6S3/c41-34(42)31(25-1-4-37-13-25)10-22-7-28(47-19-22)16-40(17-29-8-23(20-48-29)11-32(35(43)44)26-2-5-38-14-26)18-30-9-24(21-49-30)12-33(36(45)46)27-3-6-39-15-27/h7-9,19-21,25-27,31-33,37-39H,1-6,10-18H2,(H,41,42)(H,43,44)(H,45,46). The van der Waals surface area contributed by atoms with Crippen LogP contribution in [0.15, 0.2) is 34.3 Å². The molecule has 6 atom stereocenters. The summed E-state index contributed by atoms with van der Waals surface area (Å²) in [5.41, 5.74) is 3.20. The fourth-order valence-electron chi connectivity index (χ4n) is 7.87. The van der Waals surface area contributed by atoms with Gasteiger partial charge in [0.15, 0.2) is 0 Å². The number of hydrogen-bond donors (Lipinski definition) is 6. The summed E-state index contributed by atoms with van der Waals surface area (Å²) in [4.78, 5) is 42.3. The molecule has 3 aliphatic rings. The molecular formula is C36H48N4O6S3. The number of nitrogens with one attached hydrogen (secondary N) is 3. The highest BCUT2D eigenvalue weighted by molar-refractivity contribution is 7.10. The maximum absolute atomic E-state index is 12.1. The molecule has 266 valence electrons. The lowest BCUT2D eigenvalue weighted by molar-refractivity contribution is -0.144. The first-order valence-electron chi connectivity index (χ1n) is 17.4. The van der Waals surface area contributed by atoms with Gasteiger partial charge in [-0.05, 0) is 147 Å². The van der Waals surface area contributed by atoms with Crippen LogP contribution in [-0.4, -0.2) is 77.4 Å². The van der Waals surface area contributed by atoms with Gasteiger partial charge in [-0.1, -0.05) is 0 Å². The molecule has 6 heterocycles. The van der Waals surface area contributed by atoms with E-state index in [2.05, 4.69) is 55.2 Å². The van der Waals surface area contributed by atoms with E-state index in [1.54, 1.807) is 34.0 Å². The summed E-state index contributed by atoms with van der Waals surface area (Å²) in [6.45, 7) is 6.97. The number of nitrogens with zero attached hydrogens (tertiary/aromatic N) is 1. The van der Waals surface area contributed by atoms with E-state index in [0.717, 1.165) is 75.2 Å². The second kappa shape index (κ2) is 17.0. The van der Waals surface area contributed by atoms with E-state index in [-0.39, 0.29) is 17.8 Å². The minimum Gasteiger partial charge on any atom is -0.481 e. The zero-order chi connectivity index (χ0) is 34.3. The van der Waals surface area contributed by atoms with Gasteiger partial charge in [0.25, 0.3) is 0 Å². The molecule has 6 N–H and O–H groups in total. The molecule has 3 aromatic rings. The molecule has 0 bridgehead atoms. The quantitative estimate of drug-likeness (QED) is 0.109. The van der Waals surface area contributed by atoms with E-state index < -0.39 is 35.7 Å². The third kappa shape index (κ3) is 9.78. The van der Waals surface area contributed by atoms with Crippen LogP contribution in [0.5, 0.6) is 0 Å².